The molecular weight excluding hydrogens is 188 g/mol. The fourth-order valence-corrected chi connectivity index (χ4v) is 2.42. The molecule has 0 radical (unpaired) electrons. The summed E-state index contributed by atoms with van der Waals surface area (Å²) in [5, 5.41) is 8.17. The number of aromatic nitrogens is 3. The van der Waals surface area contributed by atoms with Crippen LogP contribution in [0.3, 0.4) is 0 Å². The summed E-state index contributed by atoms with van der Waals surface area (Å²) in [6.45, 7) is 2.15. The Labute approximate surface area is 90.9 Å². The Balaban J connectivity index is 2.13. The molecule has 2 N–H and O–H groups in total. The molecule has 0 saturated heterocycles. The van der Waals surface area contributed by atoms with Gasteiger partial charge in [0.25, 0.3) is 0 Å². The zero-order chi connectivity index (χ0) is 10.7. The van der Waals surface area contributed by atoms with E-state index in [1.807, 2.05) is 6.33 Å². The second-order valence-corrected chi connectivity index (χ2v) is 4.43. The van der Waals surface area contributed by atoms with Gasteiger partial charge >= 0.3 is 0 Å². The van der Waals surface area contributed by atoms with Gasteiger partial charge in [-0.15, -0.1) is 10.2 Å². The van der Waals surface area contributed by atoms with Crippen LogP contribution >= 0.6 is 0 Å². The Kier molecular flexibility index (Phi) is 3.36. The van der Waals surface area contributed by atoms with E-state index in [1.165, 1.54) is 25.7 Å². The summed E-state index contributed by atoms with van der Waals surface area (Å²) in [6.07, 6.45) is 9.09. The summed E-state index contributed by atoms with van der Waals surface area (Å²) < 4.78 is 2.20. The third-order valence-electron chi connectivity index (χ3n) is 3.25. The Morgan fingerprint density at radius 1 is 1.53 bits per heavy atom. The van der Waals surface area contributed by atoms with E-state index in [2.05, 4.69) is 21.7 Å². The maximum atomic E-state index is 6.10. The van der Waals surface area contributed by atoms with Gasteiger partial charge < -0.3 is 10.3 Å². The van der Waals surface area contributed by atoms with Gasteiger partial charge in [0.15, 0.2) is 0 Å². The lowest BCUT2D eigenvalue weighted by Crippen LogP contribution is -2.18. The number of nitrogens with two attached hydrogens (primary N) is 1. The summed E-state index contributed by atoms with van der Waals surface area (Å²) in [4.78, 5) is 0. The molecular formula is C11H20N4. The minimum Gasteiger partial charge on any atom is -0.321 e. The second-order valence-electron chi connectivity index (χ2n) is 4.43. The lowest BCUT2D eigenvalue weighted by molar-refractivity contribution is 0.465. The molecule has 1 aromatic rings. The van der Waals surface area contributed by atoms with Gasteiger partial charge in [0.2, 0.25) is 0 Å². The highest BCUT2D eigenvalue weighted by Gasteiger charge is 2.22. The summed E-state index contributed by atoms with van der Waals surface area (Å²) in [5.41, 5.74) is 6.10. The van der Waals surface area contributed by atoms with Crippen molar-refractivity contribution in [2.45, 2.75) is 57.5 Å². The van der Waals surface area contributed by atoms with E-state index in [0.717, 1.165) is 18.7 Å². The molecule has 2 rings (SSSR count). The number of rotatable bonds is 4. The maximum Gasteiger partial charge on any atom is 0.150 e. The first-order valence-electron chi connectivity index (χ1n) is 5.98. The molecule has 1 saturated carbocycles. The molecule has 0 amide bonds. The minimum atomic E-state index is 0.0538. The molecule has 1 aliphatic rings. The first kappa shape index (κ1) is 10.6. The summed E-state index contributed by atoms with van der Waals surface area (Å²) >= 11 is 0. The largest absolute Gasteiger partial charge is 0.321 e. The molecule has 4 heteroatoms. The van der Waals surface area contributed by atoms with Crippen molar-refractivity contribution in [3.05, 3.63) is 12.2 Å². The summed E-state index contributed by atoms with van der Waals surface area (Å²) in [6, 6.07) is 0.649. The molecule has 1 fully saturated rings. The molecule has 1 aliphatic carbocycles. The van der Waals surface area contributed by atoms with Crippen LogP contribution in [0, 0.1) is 0 Å². The van der Waals surface area contributed by atoms with E-state index in [1.54, 1.807) is 0 Å². The average molecular weight is 208 g/mol. The van der Waals surface area contributed by atoms with Crippen LogP contribution < -0.4 is 5.73 Å². The molecule has 0 aliphatic heterocycles. The third kappa shape index (κ3) is 2.20. The summed E-state index contributed by atoms with van der Waals surface area (Å²) in [5.74, 6) is 0.976. The lowest BCUT2D eigenvalue weighted by atomic mass is 10.1. The molecule has 0 unspecified atom stereocenters. The fraction of sp³-hybridized carbons (Fsp3) is 0.818. The number of hydrogen-bond acceptors (Lipinski definition) is 3. The Bertz CT molecular complexity index is 301. The minimum absolute atomic E-state index is 0.0538. The van der Waals surface area contributed by atoms with Crippen LogP contribution in [0.4, 0.5) is 0 Å². The Morgan fingerprint density at radius 2 is 2.27 bits per heavy atom. The van der Waals surface area contributed by atoms with Gasteiger partial charge in [0.1, 0.15) is 12.2 Å². The highest BCUT2D eigenvalue weighted by atomic mass is 15.3. The van der Waals surface area contributed by atoms with E-state index in [9.17, 15) is 0 Å². The third-order valence-corrected chi connectivity index (χ3v) is 3.25. The van der Waals surface area contributed by atoms with Gasteiger partial charge in [-0.3, -0.25) is 0 Å². The van der Waals surface area contributed by atoms with E-state index < -0.39 is 0 Å². The van der Waals surface area contributed by atoms with E-state index in [4.69, 9.17) is 5.73 Å². The van der Waals surface area contributed by atoms with Gasteiger partial charge in [-0.1, -0.05) is 26.2 Å². The molecule has 1 atom stereocenters. The topological polar surface area (TPSA) is 56.7 Å². The van der Waals surface area contributed by atoms with Crippen LogP contribution in [-0.4, -0.2) is 14.8 Å². The summed E-state index contributed by atoms with van der Waals surface area (Å²) in [7, 11) is 0. The van der Waals surface area contributed by atoms with Crippen LogP contribution in [0.15, 0.2) is 6.33 Å². The van der Waals surface area contributed by atoms with Crippen molar-refractivity contribution in [3.63, 3.8) is 0 Å². The molecule has 0 spiro atoms. The zero-order valence-corrected chi connectivity index (χ0v) is 9.39. The van der Waals surface area contributed by atoms with Crippen LogP contribution in [0.25, 0.3) is 0 Å². The van der Waals surface area contributed by atoms with Gasteiger partial charge in [0.05, 0.1) is 6.04 Å². The molecule has 1 heterocycles. The van der Waals surface area contributed by atoms with Crippen LogP contribution in [0.5, 0.6) is 0 Å². The van der Waals surface area contributed by atoms with Crippen LogP contribution in [0.2, 0.25) is 0 Å². The van der Waals surface area contributed by atoms with E-state index in [-0.39, 0.29) is 6.04 Å². The maximum absolute atomic E-state index is 6.10. The molecule has 1 aromatic heterocycles. The highest BCUT2D eigenvalue weighted by Crippen LogP contribution is 2.31. The van der Waals surface area contributed by atoms with Crippen molar-refractivity contribution in [3.8, 4) is 0 Å². The number of hydrogen-bond donors (Lipinski definition) is 1. The highest BCUT2D eigenvalue weighted by molar-refractivity contribution is 4.97. The van der Waals surface area contributed by atoms with Gasteiger partial charge in [-0.25, -0.2) is 0 Å². The van der Waals surface area contributed by atoms with Gasteiger partial charge in [-0.2, -0.15) is 0 Å². The zero-order valence-electron chi connectivity index (χ0n) is 9.39. The van der Waals surface area contributed by atoms with Crippen molar-refractivity contribution in [1.29, 1.82) is 0 Å². The van der Waals surface area contributed by atoms with E-state index in [0.29, 0.717) is 6.04 Å². The number of nitrogens with zero attached hydrogens (tertiary/aromatic N) is 3. The molecule has 84 valence electrons. The predicted molar refractivity (Wildman–Crippen MR) is 59.4 cm³/mol. The van der Waals surface area contributed by atoms with Gasteiger partial charge in [0, 0.05) is 6.04 Å². The van der Waals surface area contributed by atoms with Gasteiger partial charge in [-0.05, 0) is 19.3 Å². The predicted octanol–water partition coefficient (Wildman–Crippen LogP) is 2.19. The lowest BCUT2D eigenvalue weighted by Gasteiger charge is -2.17. The monoisotopic (exact) mass is 208 g/mol. The van der Waals surface area contributed by atoms with Crippen molar-refractivity contribution in [2.24, 2.45) is 5.73 Å². The molecule has 4 nitrogen and oxygen atoms in total. The van der Waals surface area contributed by atoms with Crippen molar-refractivity contribution < 1.29 is 0 Å². The van der Waals surface area contributed by atoms with Crippen LogP contribution in [-0.2, 0) is 0 Å². The quantitative estimate of drug-likeness (QED) is 0.825. The molecule has 15 heavy (non-hydrogen) atoms. The molecule has 0 bridgehead atoms. The second kappa shape index (κ2) is 4.75. The van der Waals surface area contributed by atoms with Crippen LogP contribution in [0.1, 0.15) is 63.4 Å². The Hall–Kier alpha value is -0.900. The SMILES string of the molecule is CCC[C@@H](N)c1nncn1C1CCCC1. The van der Waals surface area contributed by atoms with E-state index >= 15 is 0 Å². The fourth-order valence-electron chi connectivity index (χ4n) is 2.42. The first-order chi connectivity index (χ1) is 7.33. The smallest absolute Gasteiger partial charge is 0.150 e. The van der Waals surface area contributed by atoms with Crippen molar-refractivity contribution in [1.82, 2.24) is 14.8 Å². The first-order valence-corrected chi connectivity index (χ1v) is 5.98. The average Bonchev–Trinajstić information content (AvgIpc) is 2.88. The standard InChI is InChI=1S/C11H20N4/c1-2-5-10(12)11-14-13-8-15(11)9-6-3-4-7-9/h8-10H,2-7,12H2,1H3/t10-/m1/s1. The normalized spacial score (nSPS) is 19.6. The Morgan fingerprint density at radius 3 is 2.93 bits per heavy atom. The molecule has 0 aromatic carbocycles. The van der Waals surface area contributed by atoms with Crippen molar-refractivity contribution >= 4 is 0 Å². The van der Waals surface area contributed by atoms with Crippen molar-refractivity contribution in [2.75, 3.05) is 0 Å².